The molecule has 0 unspecified atom stereocenters. The van der Waals surface area contributed by atoms with Crippen LogP contribution in [0.3, 0.4) is 0 Å². The average Bonchev–Trinajstić information content (AvgIpc) is 3.43. The van der Waals surface area contributed by atoms with Crippen molar-refractivity contribution in [2.24, 2.45) is 17.3 Å². The Morgan fingerprint density at radius 1 is 1.11 bits per heavy atom. The molecule has 3 fully saturated rings. The van der Waals surface area contributed by atoms with Crippen LogP contribution in [0.4, 0.5) is 5.69 Å². The number of likely N-dealkylation sites (tertiary alicyclic amines) is 1. The fraction of sp³-hybridized carbons (Fsp3) is 0.690. The minimum atomic E-state index is -0.725. The highest BCUT2D eigenvalue weighted by Crippen LogP contribution is 2.37. The van der Waals surface area contributed by atoms with Crippen LogP contribution in [0.5, 0.6) is 0 Å². The van der Waals surface area contributed by atoms with Crippen molar-refractivity contribution in [1.82, 2.24) is 15.1 Å². The molecule has 8 nitrogen and oxygen atoms in total. The summed E-state index contributed by atoms with van der Waals surface area (Å²) >= 11 is 0. The maximum absolute atomic E-state index is 14.0. The molecule has 0 spiro atoms. The first-order valence-electron chi connectivity index (χ1n) is 13.8. The number of nitrogens with zero attached hydrogens (tertiary/aromatic N) is 3. The number of anilines is 1. The number of hydrogen-bond acceptors (Lipinski definition) is 6. The van der Waals surface area contributed by atoms with Crippen LogP contribution in [0.2, 0.25) is 0 Å². The van der Waals surface area contributed by atoms with Crippen molar-refractivity contribution in [3.05, 3.63) is 29.8 Å². The van der Waals surface area contributed by atoms with Crippen LogP contribution in [0.1, 0.15) is 58.3 Å². The number of likely N-dealkylation sites (N-methyl/N-ethyl adjacent to an activating group) is 1. The van der Waals surface area contributed by atoms with E-state index in [4.69, 9.17) is 4.74 Å². The normalized spacial score (nSPS) is 25.5. The number of carbonyl (C=O) groups excluding carboxylic acids is 3. The van der Waals surface area contributed by atoms with Gasteiger partial charge in [0.1, 0.15) is 18.7 Å². The highest BCUT2D eigenvalue weighted by Gasteiger charge is 2.53. The number of benzene rings is 1. The van der Waals surface area contributed by atoms with Crippen molar-refractivity contribution < 1.29 is 19.1 Å². The Bertz CT molecular complexity index is 996. The third-order valence-electron chi connectivity index (χ3n) is 8.09. The molecule has 37 heavy (non-hydrogen) atoms. The Morgan fingerprint density at radius 3 is 2.41 bits per heavy atom. The summed E-state index contributed by atoms with van der Waals surface area (Å²) < 4.78 is 5.83. The van der Waals surface area contributed by atoms with Gasteiger partial charge >= 0.3 is 0 Å². The molecule has 1 aromatic rings. The SMILES string of the molecule is CCN1CCN(c2ccccc2C(=O)N[C@@H](CC(C)(C)C)C(=O)N2C[C@H](C(C)C)[C@@H]3OCC(=O)[C@H]32)CC1. The molecule has 4 rings (SSSR count). The van der Waals surface area contributed by atoms with Gasteiger partial charge in [-0.25, -0.2) is 0 Å². The fourth-order valence-electron chi connectivity index (χ4n) is 6.00. The minimum absolute atomic E-state index is 0.0427. The molecule has 0 bridgehead atoms. The summed E-state index contributed by atoms with van der Waals surface area (Å²) in [6, 6.07) is 6.37. The van der Waals surface area contributed by atoms with E-state index in [1.165, 1.54) is 0 Å². The van der Waals surface area contributed by atoms with Crippen molar-refractivity contribution in [1.29, 1.82) is 0 Å². The lowest BCUT2D eigenvalue weighted by Crippen LogP contribution is -2.53. The molecule has 3 aliphatic heterocycles. The predicted molar refractivity (Wildman–Crippen MR) is 145 cm³/mol. The van der Waals surface area contributed by atoms with Crippen LogP contribution < -0.4 is 10.2 Å². The lowest BCUT2D eigenvalue weighted by atomic mass is 9.87. The monoisotopic (exact) mass is 512 g/mol. The van der Waals surface area contributed by atoms with E-state index in [0.29, 0.717) is 18.5 Å². The molecule has 3 heterocycles. The van der Waals surface area contributed by atoms with Crippen LogP contribution in [0.25, 0.3) is 0 Å². The van der Waals surface area contributed by atoms with Crippen molar-refractivity contribution >= 4 is 23.3 Å². The Balaban J connectivity index is 1.56. The van der Waals surface area contributed by atoms with E-state index in [1.807, 2.05) is 24.3 Å². The number of hydrogen-bond donors (Lipinski definition) is 1. The van der Waals surface area contributed by atoms with E-state index in [1.54, 1.807) is 4.90 Å². The number of Topliss-reactive ketones (excluding diaryl/α,β-unsaturated/α-hetero) is 1. The van der Waals surface area contributed by atoms with Crippen molar-refractivity contribution in [2.45, 2.75) is 66.2 Å². The van der Waals surface area contributed by atoms with Crippen LogP contribution >= 0.6 is 0 Å². The molecule has 1 aromatic carbocycles. The quantitative estimate of drug-likeness (QED) is 0.605. The highest BCUT2D eigenvalue weighted by atomic mass is 16.5. The Kier molecular flexibility index (Phi) is 8.29. The van der Waals surface area contributed by atoms with Crippen LogP contribution in [-0.4, -0.2) is 91.5 Å². The molecule has 8 heteroatoms. The predicted octanol–water partition coefficient (Wildman–Crippen LogP) is 2.81. The van der Waals surface area contributed by atoms with Gasteiger partial charge in [0.05, 0.1) is 11.7 Å². The Hall–Kier alpha value is -2.45. The first-order chi connectivity index (χ1) is 17.5. The van der Waals surface area contributed by atoms with Gasteiger partial charge in [0.15, 0.2) is 5.78 Å². The van der Waals surface area contributed by atoms with Crippen LogP contribution in [-0.2, 0) is 14.3 Å². The lowest BCUT2D eigenvalue weighted by Gasteiger charge is -2.36. The van der Waals surface area contributed by atoms with Gasteiger partial charge in [-0.2, -0.15) is 0 Å². The molecule has 2 amide bonds. The second-order valence-electron chi connectivity index (χ2n) is 12.3. The maximum Gasteiger partial charge on any atom is 0.254 e. The molecular weight excluding hydrogens is 468 g/mol. The largest absolute Gasteiger partial charge is 0.368 e. The van der Waals surface area contributed by atoms with Crippen LogP contribution in [0.15, 0.2) is 24.3 Å². The summed E-state index contributed by atoms with van der Waals surface area (Å²) in [5, 5.41) is 3.09. The van der Waals surface area contributed by atoms with Gasteiger partial charge < -0.3 is 24.8 Å². The number of ketones is 1. The van der Waals surface area contributed by atoms with Gasteiger partial charge in [-0.05, 0) is 36.4 Å². The van der Waals surface area contributed by atoms with Crippen molar-refractivity contribution in [3.8, 4) is 0 Å². The smallest absolute Gasteiger partial charge is 0.254 e. The number of ether oxygens (including phenoxy) is 1. The molecular formula is C29H44N4O4. The molecule has 3 saturated heterocycles. The fourth-order valence-corrected chi connectivity index (χ4v) is 6.00. The van der Waals surface area contributed by atoms with Gasteiger partial charge in [0, 0.05) is 44.3 Å². The molecule has 0 radical (unpaired) electrons. The number of rotatable bonds is 7. The molecule has 0 aromatic heterocycles. The molecule has 0 aliphatic carbocycles. The number of piperazine rings is 1. The third-order valence-corrected chi connectivity index (χ3v) is 8.09. The standard InChI is InChI=1S/C29H44N4O4/c1-7-31-12-14-32(15-13-31)23-11-9-8-10-20(23)27(35)30-22(16-29(4,5)6)28(36)33-17-21(19(2)3)26-25(33)24(34)18-37-26/h8-11,19,21-22,25-26H,7,12-18H2,1-6H3,(H,30,35)/t21-,22+,25-,26+/m1/s1. The van der Waals surface area contributed by atoms with E-state index >= 15 is 0 Å². The second-order valence-corrected chi connectivity index (χ2v) is 12.3. The molecule has 204 valence electrons. The molecule has 4 atom stereocenters. The molecule has 3 aliphatic rings. The lowest BCUT2D eigenvalue weighted by molar-refractivity contribution is -0.138. The number of nitrogens with one attached hydrogen (secondary N) is 1. The summed E-state index contributed by atoms with van der Waals surface area (Å²) in [6.45, 7) is 17.8. The van der Waals surface area contributed by atoms with E-state index < -0.39 is 12.1 Å². The molecule has 1 N–H and O–H groups in total. The van der Waals surface area contributed by atoms with Gasteiger partial charge in [0.2, 0.25) is 5.91 Å². The Morgan fingerprint density at radius 2 is 1.78 bits per heavy atom. The summed E-state index contributed by atoms with van der Waals surface area (Å²) in [7, 11) is 0. The van der Waals surface area contributed by atoms with E-state index in [2.05, 4.69) is 56.7 Å². The van der Waals surface area contributed by atoms with E-state index in [9.17, 15) is 14.4 Å². The zero-order chi connectivity index (χ0) is 26.9. The zero-order valence-corrected chi connectivity index (χ0v) is 23.3. The summed E-state index contributed by atoms with van der Waals surface area (Å²) in [4.78, 5) is 46.8. The summed E-state index contributed by atoms with van der Waals surface area (Å²) in [5.41, 5.74) is 1.29. The van der Waals surface area contributed by atoms with Gasteiger partial charge in [-0.15, -0.1) is 0 Å². The van der Waals surface area contributed by atoms with E-state index in [0.717, 1.165) is 38.4 Å². The second kappa shape index (κ2) is 11.1. The van der Waals surface area contributed by atoms with Crippen LogP contribution in [0, 0.1) is 17.3 Å². The Labute approximate surface area is 221 Å². The summed E-state index contributed by atoms with van der Waals surface area (Å²) in [5.74, 6) is -0.0877. The van der Waals surface area contributed by atoms with Gasteiger partial charge in [-0.1, -0.05) is 53.7 Å². The molecule has 0 saturated carbocycles. The van der Waals surface area contributed by atoms with Crippen molar-refractivity contribution in [3.63, 3.8) is 0 Å². The number of para-hydroxylation sites is 1. The van der Waals surface area contributed by atoms with Gasteiger partial charge in [0.25, 0.3) is 5.91 Å². The minimum Gasteiger partial charge on any atom is -0.368 e. The first kappa shape index (κ1) is 27.6. The number of amides is 2. The zero-order valence-electron chi connectivity index (χ0n) is 23.3. The van der Waals surface area contributed by atoms with Gasteiger partial charge in [-0.3, -0.25) is 14.4 Å². The summed E-state index contributed by atoms with van der Waals surface area (Å²) in [6.07, 6.45) is 0.217. The topological polar surface area (TPSA) is 82.2 Å². The average molecular weight is 513 g/mol. The third kappa shape index (κ3) is 6.01. The number of carbonyl (C=O) groups is 3. The first-order valence-corrected chi connectivity index (χ1v) is 13.8. The maximum atomic E-state index is 14.0. The van der Waals surface area contributed by atoms with E-state index in [-0.39, 0.29) is 47.6 Å². The highest BCUT2D eigenvalue weighted by molar-refractivity contribution is 6.02. The van der Waals surface area contributed by atoms with Crippen molar-refractivity contribution in [2.75, 3.05) is 50.8 Å². The number of fused-ring (bicyclic) bond motifs is 1.